The van der Waals surface area contributed by atoms with E-state index in [1.165, 1.54) is 0 Å². The minimum Gasteiger partial charge on any atom is -0.497 e. The number of methoxy groups -OCH3 is 1. The van der Waals surface area contributed by atoms with Crippen molar-refractivity contribution in [1.29, 1.82) is 0 Å². The maximum Gasteiger partial charge on any atom is 0.409 e. The van der Waals surface area contributed by atoms with E-state index < -0.39 is 0 Å². The van der Waals surface area contributed by atoms with E-state index in [1.807, 2.05) is 31.2 Å². The predicted molar refractivity (Wildman–Crippen MR) is 116 cm³/mol. The summed E-state index contributed by atoms with van der Waals surface area (Å²) < 4.78 is 10.3. The van der Waals surface area contributed by atoms with Crippen molar-refractivity contribution in [3.05, 3.63) is 46.8 Å². The number of aryl methyl sites for hydroxylation is 1. The molecule has 2 aromatic rings. The number of benzene rings is 1. The highest BCUT2D eigenvalue weighted by molar-refractivity contribution is 5.99. The summed E-state index contributed by atoms with van der Waals surface area (Å²) in [5.74, 6) is 1.61. The molecule has 8 heteroatoms. The molecule has 0 N–H and O–H groups in total. The Kier molecular flexibility index (Phi) is 6.06. The van der Waals surface area contributed by atoms with Gasteiger partial charge in [-0.25, -0.2) is 14.8 Å². The van der Waals surface area contributed by atoms with Crippen molar-refractivity contribution in [1.82, 2.24) is 14.9 Å². The van der Waals surface area contributed by atoms with Crippen molar-refractivity contribution < 1.29 is 19.1 Å². The molecule has 1 aromatic carbocycles. The highest BCUT2D eigenvalue weighted by atomic mass is 16.6. The van der Waals surface area contributed by atoms with Crippen LogP contribution in [0.1, 0.15) is 46.6 Å². The molecule has 0 radical (unpaired) electrons. The molecule has 1 amide bonds. The summed E-state index contributed by atoms with van der Waals surface area (Å²) in [4.78, 5) is 38.1. The quantitative estimate of drug-likeness (QED) is 0.746. The molecule has 1 fully saturated rings. The van der Waals surface area contributed by atoms with Crippen molar-refractivity contribution in [2.24, 2.45) is 0 Å². The molecule has 0 saturated carbocycles. The van der Waals surface area contributed by atoms with Gasteiger partial charge in [-0.1, -0.05) is 12.1 Å². The molecule has 164 valence electrons. The van der Waals surface area contributed by atoms with Crippen molar-refractivity contribution in [3.8, 4) is 5.75 Å². The van der Waals surface area contributed by atoms with Gasteiger partial charge in [0.25, 0.3) is 0 Å². The maximum atomic E-state index is 12.9. The summed E-state index contributed by atoms with van der Waals surface area (Å²) in [6, 6.07) is 7.89. The topological polar surface area (TPSA) is 84.9 Å². The third-order valence-corrected chi connectivity index (χ3v) is 5.98. The Bertz CT molecular complexity index is 968. The number of ketones is 1. The van der Waals surface area contributed by atoms with Gasteiger partial charge in [0.05, 0.1) is 30.7 Å². The van der Waals surface area contributed by atoms with E-state index in [2.05, 4.69) is 9.88 Å². The van der Waals surface area contributed by atoms with Gasteiger partial charge in [0.1, 0.15) is 5.75 Å². The van der Waals surface area contributed by atoms with Crippen LogP contribution >= 0.6 is 0 Å². The first-order valence-corrected chi connectivity index (χ1v) is 10.7. The van der Waals surface area contributed by atoms with Crippen molar-refractivity contribution in [2.45, 2.75) is 32.6 Å². The van der Waals surface area contributed by atoms with E-state index in [9.17, 15) is 9.59 Å². The summed E-state index contributed by atoms with van der Waals surface area (Å²) >= 11 is 0. The Labute approximate surface area is 182 Å². The van der Waals surface area contributed by atoms with Crippen LogP contribution in [0.4, 0.5) is 10.7 Å². The lowest BCUT2D eigenvalue weighted by molar-refractivity contribution is 0.0960. The highest BCUT2D eigenvalue weighted by Crippen LogP contribution is 2.34. The van der Waals surface area contributed by atoms with Gasteiger partial charge in [-0.2, -0.15) is 0 Å². The summed E-state index contributed by atoms with van der Waals surface area (Å²) in [7, 11) is 1.64. The van der Waals surface area contributed by atoms with Crippen LogP contribution in [0.5, 0.6) is 5.75 Å². The second-order valence-corrected chi connectivity index (χ2v) is 7.91. The van der Waals surface area contributed by atoms with E-state index in [1.54, 1.807) is 18.9 Å². The molecular weight excluding hydrogens is 396 g/mol. The molecule has 1 aliphatic carbocycles. The molecule has 1 aliphatic heterocycles. The molecule has 0 unspecified atom stereocenters. The second kappa shape index (κ2) is 8.91. The lowest BCUT2D eigenvalue weighted by atomic mass is 9.81. The molecule has 31 heavy (non-hydrogen) atoms. The van der Waals surface area contributed by atoms with Gasteiger partial charge >= 0.3 is 6.09 Å². The smallest absolute Gasteiger partial charge is 0.409 e. The summed E-state index contributed by atoms with van der Waals surface area (Å²) in [5, 5.41) is 0. The Balaban J connectivity index is 1.53. The number of anilines is 1. The summed E-state index contributed by atoms with van der Waals surface area (Å²) in [6.45, 7) is 6.44. The van der Waals surface area contributed by atoms with Crippen LogP contribution in [0, 0.1) is 6.92 Å². The van der Waals surface area contributed by atoms with E-state index in [0.29, 0.717) is 57.1 Å². The fourth-order valence-electron chi connectivity index (χ4n) is 4.32. The van der Waals surface area contributed by atoms with Gasteiger partial charge in [-0.3, -0.25) is 4.79 Å². The highest BCUT2D eigenvalue weighted by Gasteiger charge is 2.31. The summed E-state index contributed by atoms with van der Waals surface area (Å²) in [5.41, 5.74) is 3.32. The minimum atomic E-state index is -0.280. The second-order valence-electron chi connectivity index (χ2n) is 7.91. The van der Waals surface area contributed by atoms with E-state index in [4.69, 9.17) is 14.5 Å². The Morgan fingerprint density at radius 1 is 1.10 bits per heavy atom. The lowest BCUT2D eigenvalue weighted by Crippen LogP contribution is -2.49. The zero-order valence-corrected chi connectivity index (χ0v) is 18.3. The first-order chi connectivity index (χ1) is 15.0. The molecule has 1 atom stereocenters. The fourth-order valence-corrected chi connectivity index (χ4v) is 4.32. The third-order valence-electron chi connectivity index (χ3n) is 5.98. The number of fused-ring (bicyclic) bond motifs is 1. The lowest BCUT2D eigenvalue weighted by Gasteiger charge is -2.34. The molecule has 0 bridgehead atoms. The Hall–Kier alpha value is -3.16. The monoisotopic (exact) mass is 424 g/mol. The predicted octanol–water partition coefficient (Wildman–Crippen LogP) is 2.98. The number of hydrogen-bond donors (Lipinski definition) is 0. The minimum absolute atomic E-state index is 0.0914. The number of ether oxygens (including phenoxy) is 2. The van der Waals surface area contributed by atoms with Crippen molar-refractivity contribution >= 4 is 17.8 Å². The number of amides is 1. The Morgan fingerprint density at radius 2 is 1.81 bits per heavy atom. The SMILES string of the molecule is CCOC(=O)N1CCN(c2nc(C)c3c(n2)C[C@@H](c2ccc(OC)cc2)CC3=O)CC1. The average Bonchev–Trinajstić information content (AvgIpc) is 2.79. The van der Waals surface area contributed by atoms with Gasteiger partial charge < -0.3 is 19.3 Å². The number of nitrogens with zero attached hydrogens (tertiary/aromatic N) is 4. The normalized spacial score (nSPS) is 18.5. The van der Waals surface area contributed by atoms with Crippen LogP contribution in [0.2, 0.25) is 0 Å². The fraction of sp³-hybridized carbons (Fsp3) is 0.478. The van der Waals surface area contributed by atoms with Crippen LogP contribution in [0.15, 0.2) is 24.3 Å². The van der Waals surface area contributed by atoms with E-state index in [0.717, 1.165) is 22.7 Å². The first-order valence-electron chi connectivity index (χ1n) is 10.7. The van der Waals surface area contributed by atoms with Gasteiger partial charge in [-0.15, -0.1) is 0 Å². The number of rotatable bonds is 4. The van der Waals surface area contributed by atoms with Crippen molar-refractivity contribution in [3.63, 3.8) is 0 Å². The molecular formula is C23H28N4O4. The molecule has 2 aliphatic rings. The zero-order chi connectivity index (χ0) is 22.0. The van der Waals surface area contributed by atoms with E-state index in [-0.39, 0.29) is 17.8 Å². The van der Waals surface area contributed by atoms with Crippen LogP contribution in [0.3, 0.4) is 0 Å². The molecule has 0 spiro atoms. The third kappa shape index (κ3) is 4.33. The number of aromatic nitrogens is 2. The summed E-state index contributed by atoms with van der Waals surface area (Å²) in [6.07, 6.45) is 0.880. The largest absolute Gasteiger partial charge is 0.497 e. The van der Waals surface area contributed by atoms with Gasteiger partial charge in [0, 0.05) is 32.6 Å². The molecule has 2 heterocycles. The molecule has 8 nitrogen and oxygen atoms in total. The zero-order valence-electron chi connectivity index (χ0n) is 18.3. The molecule has 1 aromatic heterocycles. The number of hydrogen-bond acceptors (Lipinski definition) is 7. The number of carbonyl (C=O) groups excluding carboxylic acids is 2. The van der Waals surface area contributed by atoms with Crippen LogP contribution < -0.4 is 9.64 Å². The molecule has 1 saturated heterocycles. The number of piperazine rings is 1. The molecule has 4 rings (SSSR count). The maximum absolute atomic E-state index is 12.9. The van der Waals surface area contributed by atoms with Gasteiger partial charge in [-0.05, 0) is 43.9 Å². The first kappa shape index (κ1) is 21.1. The number of Topliss-reactive ketones (excluding diaryl/α,β-unsaturated/α-hetero) is 1. The van der Waals surface area contributed by atoms with Crippen LogP contribution in [-0.2, 0) is 11.2 Å². The van der Waals surface area contributed by atoms with Gasteiger partial charge in [0.2, 0.25) is 5.95 Å². The van der Waals surface area contributed by atoms with Crippen molar-refractivity contribution in [2.75, 3.05) is 44.8 Å². The van der Waals surface area contributed by atoms with Gasteiger partial charge in [0.15, 0.2) is 5.78 Å². The average molecular weight is 425 g/mol. The van der Waals surface area contributed by atoms with Crippen LogP contribution in [0.25, 0.3) is 0 Å². The number of carbonyl (C=O) groups is 2. The Morgan fingerprint density at radius 3 is 2.45 bits per heavy atom. The van der Waals surface area contributed by atoms with Crippen LogP contribution in [-0.4, -0.2) is 66.6 Å². The standard InChI is InChI=1S/C23H28N4O4/c1-4-31-23(29)27-11-9-26(10-12-27)22-24-15(2)21-19(25-22)13-17(14-20(21)28)16-5-7-18(30-3)8-6-16/h5-8,17H,4,9-14H2,1-3H3/t17-/m1/s1. The van der Waals surface area contributed by atoms with E-state index >= 15 is 0 Å².